The summed E-state index contributed by atoms with van der Waals surface area (Å²) in [6, 6.07) is 17.2. The average Bonchev–Trinajstić information content (AvgIpc) is 2.73. The molecular weight excluding hydrogens is 394 g/mol. The van der Waals surface area contributed by atoms with Crippen LogP contribution in [0, 0.1) is 5.92 Å². The molecule has 0 fully saturated rings. The van der Waals surface area contributed by atoms with Gasteiger partial charge < -0.3 is 26.6 Å². The zero-order chi connectivity index (χ0) is 22.8. The number of aliphatic hydroxyl groups excluding tert-OH is 1. The van der Waals surface area contributed by atoms with Crippen LogP contribution in [-0.2, 0) is 17.6 Å². The first kappa shape index (κ1) is 24.4. The van der Waals surface area contributed by atoms with Gasteiger partial charge in [-0.3, -0.25) is 4.79 Å². The molecule has 0 radical (unpaired) electrons. The van der Waals surface area contributed by atoms with Gasteiger partial charge in [0.1, 0.15) is 0 Å². The van der Waals surface area contributed by atoms with Gasteiger partial charge in [-0.05, 0) is 36.3 Å². The molecule has 0 saturated heterocycles. The zero-order valence-electron chi connectivity index (χ0n) is 18.1. The number of hydrogen-bond acceptors (Lipinski definition) is 4. The molecule has 4 atom stereocenters. The van der Waals surface area contributed by atoms with Crippen LogP contribution in [0.4, 0.5) is 4.79 Å². The Morgan fingerprint density at radius 1 is 0.903 bits per heavy atom. The largest absolute Gasteiger partial charge is 0.465 e. The van der Waals surface area contributed by atoms with Gasteiger partial charge in [0.15, 0.2) is 0 Å². The lowest BCUT2D eigenvalue weighted by molar-refractivity contribution is -0.124. The summed E-state index contributed by atoms with van der Waals surface area (Å²) in [5.74, 6) is -0.310. The first-order valence-electron chi connectivity index (χ1n) is 10.6. The van der Waals surface area contributed by atoms with E-state index in [9.17, 15) is 19.8 Å². The zero-order valence-corrected chi connectivity index (χ0v) is 18.1. The third-order valence-corrected chi connectivity index (χ3v) is 5.29. The third-order valence-electron chi connectivity index (χ3n) is 5.29. The van der Waals surface area contributed by atoms with Crippen molar-refractivity contribution in [3.8, 4) is 0 Å². The van der Waals surface area contributed by atoms with E-state index in [1.165, 1.54) is 0 Å². The molecule has 0 aliphatic carbocycles. The van der Waals surface area contributed by atoms with Gasteiger partial charge >= 0.3 is 6.09 Å². The van der Waals surface area contributed by atoms with E-state index >= 15 is 0 Å². The van der Waals surface area contributed by atoms with Crippen LogP contribution in [0.2, 0.25) is 0 Å². The molecule has 0 aliphatic rings. The summed E-state index contributed by atoms with van der Waals surface area (Å²) >= 11 is 0. The van der Waals surface area contributed by atoms with E-state index in [-0.39, 0.29) is 18.2 Å². The Bertz CT molecular complexity index is 814. The Kier molecular flexibility index (Phi) is 9.49. The van der Waals surface area contributed by atoms with E-state index in [1.807, 2.05) is 74.5 Å². The lowest BCUT2D eigenvalue weighted by atomic mass is 9.93. The molecule has 2 rings (SSSR count). The Hall–Kier alpha value is -2.90. The predicted octanol–water partition coefficient (Wildman–Crippen LogP) is 2.33. The highest BCUT2D eigenvalue weighted by Crippen LogP contribution is 2.14. The van der Waals surface area contributed by atoms with Crippen LogP contribution in [0.15, 0.2) is 60.7 Å². The van der Waals surface area contributed by atoms with Gasteiger partial charge in [0.2, 0.25) is 5.91 Å². The number of hydrogen-bond donors (Lipinski definition) is 5. The molecule has 0 heterocycles. The van der Waals surface area contributed by atoms with Crippen LogP contribution in [0.1, 0.15) is 31.4 Å². The Labute approximate surface area is 183 Å². The summed E-state index contributed by atoms with van der Waals surface area (Å²) in [5, 5.41) is 25.5. The maximum absolute atomic E-state index is 12.6. The van der Waals surface area contributed by atoms with Gasteiger partial charge in [-0.1, -0.05) is 74.5 Å². The lowest BCUT2D eigenvalue weighted by Gasteiger charge is -2.29. The van der Waals surface area contributed by atoms with E-state index in [0.717, 1.165) is 11.1 Å². The standard InChI is InChI=1S/C24H33N3O4/c1-16(2)22(25)23(29)26-19(13-17-9-5-3-6-10-17)15-21(28)20(27-24(30)31)14-18-11-7-4-8-12-18/h3-12,16,19-22,27-28H,13-15,25H2,1-2H3,(H,26,29)(H,30,31)/t19-,20-,21-,22-/m0/s1. The smallest absolute Gasteiger partial charge is 0.404 e. The highest BCUT2D eigenvalue weighted by Gasteiger charge is 2.27. The van der Waals surface area contributed by atoms with Crippen molar-refractivity contribution in [2.24, 2.45) is 11.7 Å². The van der Waals surface area contributed by atoms with Crippen LogP contribution < -0.4 is 16.4 Å². The summed E-state index contributed by atoms with van der Waals surface area (Å²) < 4.78 is 0. The van der Waals surface area contributed by atoms with E-state index < -0.39 is 30.3 Å². The number of amides is 2. The fraction of sp³-hybridized carbons (Fsp3) is 0.417. The lowest BCUT2D eigenvalue weighted by Crippen LogP contribution is -2.51. The summed E-state index contributed by atoms with van der Waals surface area (Å²) in [4.78, 5) is 23.9. The third kappa shape index (κ3) is 8.39. The van der Waals surface area contributed by atoms with Gasteiger partial charge in [-0.15, -0.1) is 0 Å². The minimum atomic E-state index is -1.20. The van der Waals surface area contributed by atoms with Gasteiger partial charge in [0, 0.05) is 6.04 Å². The molecule has 2 aromatic carbocycles. The quantitative estimate of drug-likeness (QED) is 0.376. The van der Waals surface area contributed by atoms with Crippen LogP contribution in [0.25, 0.3) is 0 Å². The summed E-state index contributed by atoms with van der Waals surface area (Å²) in [7, 11) is 0. The van der Waals surface area contributed by atoms with Crippen LogP contribution >= 0.6 is 0 Å². The summed E-state index contributed by atoms with van der Waals surface area (Å²) in [6.45, 7) is 3.75. The first-order valence-corrected chi connectivity index (χ1v) is 10.6. The molecule has 6 N–H and O–H groups in total. The van der Waals surface area contributed by atoms with Crippen molar-refractivity contribution in [2.75, 3.05) is 0 Å². The fourth-order valence-corrected chi connectivity index (χ4v) is 3.46. The SMILES string of the molecule is CC(C)[C@H](N)C(=O)N[C@@H](Cc1ccccc1)C[C@H](O)[C@H](Cc1ccccc1)NC(=O)O. The fourth-order valence-electron chi connectivity index (χ4n) is 3.46. The van der Waals surface area contributed by atoms with E-state index in [2.05, 4.69) is 10.6 Å². The Morgan fingerprint density at radius 3 is 1.90 bits per heavy atom. The Balaban J connectivity index is 2.16. The van der Waals surface area contributed by atoms with Gasteiger partial charge in [-0.2, -0.15) is 0 Å². The molecule has 0 unspecified atom stereocenters. The van der Waals surface area contributed by atoms with Crippen molar-refractivity contribution in [3.63, 3.8) is 0 Å². The number of aliphatic hydroxyl groups is 1. The number of nitrogens with one attached hydrogen (secondary N) is 2. The maximum Gasteiger partial charge on any atom is 0.404 e. The number of carbonyl (C=O) groups is 2. The first-order chi connectivity index (χ1) is 14.8. The van der Waals surface area contributed by atoms with Gasteiger partial charge in [0.25, 0.3) is 0 Å². The highest BCUT2D eigenvalue weighted by atomic mass is 16.4. The molecule has 31 heavy (non-hydrogen) atoms. The summed E-state index contributed by atoms with van der Waals surface area (Å²) in [5.41, 5.74) is 7.91. The monoisotopic (exact) mass is 427 g/mol. The number of rotatable bonds is 11. The molecule has 0 saturated carbocycles. The minimum absolute atomic E-state index is 0.0261. The number of carboxylic acid groups (broad SMARTS) is 1. The maximum atomic E-state index is 12.6. The van der Waals surface area contributed by atoms with Crippen molar-refractivity contribution < 1.29 is 19.8 Å². The van der Waals surface area contributed by atoms with Crippen LogP contribution in [0.5, 0.6) is 0 Å². The van der Waals surface area contributed by atoms with E-state index in [1.54, 1.807) is 0 Å². The van der Waals surface area contributed by atoms with Crippen molar-refractivity contribution >= 4 is 12.0 Å². The molecule has 0 aliphatic heterocycles. The highest BCUT2D eigenvalue weighted by molar-refractivity contribution is 5.82. The topological polar surface area (TPSA) is 125 Å². The number of nitrogens with two attached hydrogens (primary N) is 1. The number of carbonyl (C=O) groups excluding carboxylic acids is 1. The van der Waals surface area contributed by atoms with Crippen LogP contribution in [0.3, 0.4) is 0 Å². The second-order valence-electron chi connectivity index (χ2n) is 8.21. The van der Waals surface area contributed by atoms with Gasteiger partial charge in [-0.25, -0.2) is 4.79 Å². The van der Waals surface area contributed by atoms with E-state index in [0.29, 0.717) is 12.8 Å². The molecule has 168 valence electrons. The molecule has 2 amide bonds. The molecule has 0 spiro atoms. The normalized spacial score (nSPS) is 15.0. The van der Waals surface area contributed by atoms with Crippen molar-refractivity contribution in [2.45, 2.75) is 57.3 Å². The molecule has 7 heteroatoms. The number of benzene rings is 2. The molecule has 2 aromatic rings. The Morgan fingerprint density at radius 2 is 1.42 bits per heavy atom. The van der Waals surface area contributed by atoms with E-state index in [4.69, 9.17) is 5.73 Å². The second kappa shape index (κ2) is 12.1. The minimum Gasteiger partial charge on any atom is -0.465 e. The average molecular weight is 428 g/mol. The van der Waals surface area contributed by atoms with Crippen molar-refractivity contribution in [1.29, 1.82) is 0 Å². The van der Waals surface area contributed by atoms with Crippen LogP contribution in [-0.4, -0.2) is 46.4 Å². The summed E-state index contributed by atoms with van der Waals surface area (Å²) in [6.07, 6.45) is -1.18. The molecule has 0 aromatic heterocycles. The molecular formula is C24H33N3O4. The molecule has 7 nitrogen and oxygen atoms in total. The molecule has 0 bridgehead atoms. The predicted molar refractivity (Wildman–Crippen MR) is 121 cm³/mol. The second-order valence-corrected chi connectivity index (χ2v) is 8.21. The van der Waals surface area contributed by atoms with Gasteiger partial charge in [0.05, 0.1) is 18.2 Å². The van der Waals surface area contributed by atoms with Crippen molar-refractivity contribution in [1.82, 2.24) is 10.6 Å². The van der Waals surface area contributed by atoms with Crippen molar-refractivity contribution in [3.05, 3.63) is 71.8 Å².